The van der Waals surface area contributed by atoms with Crippen LogP contribution in [0.15, 0.2) is 90.5 Å². The zero-order chi connectivity index (χ0) is 23.6. The molecule has 4 aromatic carbocycles. The summed E-state index contributed by atoms with van der Waals surface area (Å²) in [6.07, 6.45) is 6.12. The topological polar surface area (TPSA) is 0 Å². The number of benzene rings is 4. The molecule has 34 heavy (non-hydrogen) atoms. The highest BCUT2D eigenvalue weighted by Crippen LogP contribution is 2.60. The molecule has 0 spiro atoms. The van der Waals surface area contributed by atoms with E-state index in [-0.39, 0.29) is 5.41 Å². The van der Waals surface area contributed by atoms with Gasteiger partial charge in [0.2, 0.25) is 0 Å². The quantitative estimate of drug-likeness (QED) is 0.277. The van der Waals surface area contributed by atoms with Crippen LogP contribution in [-0.4, -0.2) is 0 Å². The monoisotopic (exact) mass is 442 g/mol. The van der Waals surface area contributed by atoms with E-state index >= 15 is 0 Å². The summed E-state index contributed by atoms with van der Waals surface area (Å²) >= 11 is 0. The molecule has 0 heterocycles. The molecule has 0 nitrogen and oxygen atoms in total. The lowest BCUT2D eigenvalue weighted by atomic mass is 9.68. The molecule has 0 saturated heterocycles. The third-order valence-electron chi connectivity index (χ3n) is 8.84. The van der Waals surface area contributed by atoms with Gasteiger partial charge >= 0.3 is 0 Å². The molecular weight excluding hydrogens is 408 g/mol. The van der Waals surface area contributed by atoms with Gasteiger partial charge in [0, 0.05) is 5.92 Å². The second kappa shape index (κ2) is 7.70. The van der Waals surface area contributed by atoms with E-state index in [9.17, 15) is 0 Å². The molecule has 0 amide bonds. The largest absolute Gasteiger partial charge is 0.0757 e. The van der Waals surface area contributed by atoms with Gasteiger partial charge in [-0.15, -0.1) is 0 Å². The van der Waals surface area contributed by atoms with Gasteiger partial charge < -0.3 is 0 Å². The van der Waals surface area contributed by atoms with Crippen LogP contribution in [0.5, 0.6) is 0 Å². The summed E-state index contributed by atoms with van der Waals surface area (Å²) in [6.45, 7) is 12.0. The van der Waals surface area contributed by atoms with Crippen molar-refractivity contribution < 1.29 is 0 Å². The third-order valence-corrected chi connectivity index (χ3v) is 8.84. The van der Waals surface area contributed by atoms with Crippen molar-refractivity contribution in [3.63, 3.8) is 0 Å². The van der Waals surface area contributed by atoms with E-state index in [4.69, 9.17) is 0 Å². The van der Waals surface area contributed by atoms with Crippen LogP contribution < -0.4 is 0 Å². The summed E-state index contributed by atoms with van der Waals surface area (Å²) in [5, 5.41) is 5.63. The van der Waals surface area contributed by atoms with Crippen LogP contribution in [0.3, 0.4) is 0 Å². The molecule has 0 aliphatic heterocycles. The molecule has 0 fully saturated rings. The van der Waals surface area contributed by atoms with Crippen molar-refractivity contribution in [2.45, 2.75) is 58.3 Å². The van der Waals surface area contributed by atoms with Crippen LogP contribution in [0.1, 0.15) is 75.1 Å². The Hall–Kier alpha value is -3.12. The van der Waals surface area contributed by atoms with E-state index in [1.54, 1.807) is 11.1 Å². The zero-order valence-electron chi connectivity index (χ0n) is 21.0. The van der Waals surface area contributed by atoms with Crippen LogP contribution >= 0.6 is 0 Å². The van der Waals surface area contributed by atoms with Crippen molar-refractivity contribution in [2.24, 2.45) is 5.92 Å². The summed E-state index contributed by atoms with van der Waals surface area (Å²) in [6, 6.07) is 27.2. The second-order valence-electron chi connectivity index (χ2n) is 11.0. The van der Waals surface area contributed by atoms with E-state index in [1.165, 1.54) is 43.8 Å². The van der Waals surface area contributed by atoms with Crippen molar-refractivity contribution in [2.75, 3.05) is 0 Å². The van der Waals surface area contributed by atoms with Crippen LogP contribution in [0.2, 0.25) is 0 Å². The molecule has 4 aromatic rings. The smallest absolute Gasteiger partial charge is 0.0105 e. The molecule has 0 saturated carbocycles. The normalized spacial score (nSPS) is 21.7. The van der Waals surface area contributed by atoms with Gasteiger partial charge in [-0.1, -0.05) is 118 Å². The minimum Gasteiger partial charge on any atom is -0.0757 e. The molecule has 6 rings (SSSR count). The highest BCUT2D eigenvalue weighted by Gasteiger charge is 2.49. The molecule has 2 aliphatic carbocycles. The molecule has 0 bridgehead atoms. The standard InChI is InChI=1S/C34H34/c1-6-21(2)23-13-7-8-14-25(23)24-19-20-30-31-28-17-11-9-15-26(28)27-16-10-12-18-29(27)33(31)34(4,5)32(30)22(24)3/h7-21,30,32H,6H2,1-5H3/t21-,30?,32?/m1/s1. The maximum absolute atomic E-state index is 2.52. The van der Waals surface area contributed by atoms with Crippen LogP contribution in [-0.2, 0) is 5.41 Å². The summed E-state index contributed by atoms with van der Waals surface area (Å²) in [7, 11) is 0. The third kappa shape index (κ3) is 2.84. The van der Waals surface area contributed by atoms with E-state index in [2.05, 4.69) is 120 Å². The molecule has 170 valence electrons. The Morgan fingerprint density at radius 3 is 2.09 bits per heavy atom. The second-order valence-corrected chi connectivity index (χ2v) is 11.0. The minimum atomic E-state index is 0.0506. The zero-order valence-corrected chi connectivity index (χ0v) is 21.0. The average molecular weight is 443 g/mol. The lowest BCUT2D eigenvalue weighted by Crippen LogP contribution is -2.28. The number of fused-ring (bicyclic) bond motifs is 8. The maximum Gasteiger partial charge on any atom is 0.0105 e. The first-order valence-electron chi connectivity index (χ1n) is 12.9. The minimum absolute atomic E-state index is 0.0506. The summed E-state index contributed by atoms with van der Waals surface area (Å²) in [4.78, 5) is 0. The number of hydrogen-bond donors (Lipinski definition) is 0. The Morgan fingerprint density at radius 1 is 0.794 bits per heavy atom. The Kier molecular flexibility index (Phi) is 4.85. The molecule has 0 N–H and O–H groups in total. The lowest BCUT2D eigenvalue weighted by molar-refractivity contribution is 0.378. The summed E-state index contributed by atoms with van der Waals surface area (Å²) < 4.78 is 0. The Balaban J connectivity index is 1.63. The SMILES string of the molecule is CC[C@@H](C)c1ccccc1C1=C(C)C2C(C=C1)c1c(c3ccccc3c3ccccc13)C2(C)C. The Bertz CT molecular complexity index is 1490. The molecule has 0 heteroatoms. The molecular formula is C34H34. The van der Waals surface area contributed by atoms with Gasteiger partial charge in [0.25, 0.3) is 0 Å². The molecule has 2 unspecified atom stereocenters. The number of allylic oxidation sites excluding steroid dienone is 4. The van der Waals surface area contributed by atoms with Crippen molar-refractivity contribution in [3.05, 3.63) is 113 Å². The predicted octanol–water partition coefficient (Wildman–Crippen LogP) is 9.54. The van der Waals surface area contributed by atoms with Gasteiger partial charge in [0.15, 0.2) is 0 Å². The van der Waals surface area contributed by atoms with Gasteiger partial charge in [0.1, 0.15) is 0 Å². The maximum atomic E-state index is 2.52. The van der Waals surface area contributed by atoms with E-state index in [1.807, 2.05) is 0 Å². The fourth-order valence-electron chi connectivity index (χ4n) is 7.19. The molecule has 0 aromatic heterocycles. The first-order chi connectivity index (χ1) is 16.4. The first kappa shape index (κ1) is 21.4. The summed E-state index contributed by atoms with van der Waals surface area (Å²) in [5.41, 5.74) is 9.03. The molecule has 0 radical (unpaired) electrons. The average Bonchev–Trinajstić information content (AvgIpc) is 3.12. The van der Waals surface area contributed by atoms with Gasteiger partial charge in [-0.3, -0.25) is 0 Å². The van der Waals surface area contributed by atoms with E-state index in [0.717, 1.165) is 6.42 Å². The van der Waals surface area contributed by atoms with E-state index < -0.39 is 0 Å². The molecule has 2 aliphatic rings. The van der Waals surface area contributed by atoms with Gasteiger partial charge in [-0.05, 0) is 80.0 Å². The van der Waals surface area contributed by atoms with Crippen molar-refractivity contribution in [1.29, 1.82) is 0 Å². The van der Waals surface area contributed by atoms with Gasteiger partial charge in [-0.25, -0.2) is 0 Å². The predicted molar refractivity (Wildman–Crippen MR) is 148 cm³/mol. The van der Waals surface area contributed by atoms with Crippen LogP contribution in [0.4, 0.5) is 0 Å². The van der Waals surface area contributed by atoms with Crippen molar-refractivity contribution >= 4 is 27.1 Å². The van der Waals surface area contributed by atoms with Crippen molar-refractivity contribution in [1.82, 2.24) is 0 Å². The first-order valence-corrected chi connectivity index (χ1v) is 12.9. The Morgan fingerprint density at radius 2 is 1.38 bits per heavy atom. The number of rotatable bonds is 3. The lowest BCUT2D eigenvalue weighted by Gasteiger charge is -2.36. The van der Waals surface area contributed by atoms with Crippen LogP contribution in [0, 0.1) is 5.92 Å². The van der Waals surface area contributed by atoms with Crippen LogP contribution in [0.25, 0.3) is 27.1 Å². The Labute approximate surface area is 204 Å². The number of hydrogen-bond acceptors (Lipinski definition) is 0. The van der Waals surface area contributed by atoms with Gasteiger partial charge in [-0.2, -0.15) is 0 Å². The fourth-order valence-corrected chi connectivity index (χ4v) is 7.19. The summed E-state index contributed by atoms with van der Waals surface area (Å²) in [5.74, 6) is 1.44. The highest BCUT2D eigenvalue weighted by molar-refractivity contribution is 6.12. The van der Waals surface area contributed by atoms with E-state index in [0.29, 0.717) is 17.8 Å². The van der Waals surface area contributed by atoms with Gasteiger partial charge in [0.05, 0.1) is 0 Å². The van der Waals surface area contributed by atoms with Crippen molar-refractivity contribution in [3.8, 4) is 0 Å². The molecule has 3 atom stereocenters. The highest BCUT2D eigenvalue weighted by atomic mass is 14.5. The fraction of sp³-hybridized carbons (Fsp3) is 0.294.